The van der Waals surface area contributed by atoms with Crippen molar-refractivity contribution in [1.82, 2.24) is 5.32 Å². The monoisotopic (exact) mass is 393 g/mol. The quantitative estimate of drug-likeness (QED) is 0.455. The second-order valence-electron chi connectivity index (χ2n) is 6.03. The third-order valence-electron chi connectivity index (χ3n) is 3.93. The van der Waals surface area contributed by atoms with Crippen molar-refractivity contribution in [3.8, 4) is 5.75 Å². The van der Waals surface area contributed by atoms with Crippen LogP contribution in [-0.4, -0.2) is 39.1 Å². The highest BCUT2D eigenvalue weighted by molar-refractivity contribution is 7.89. The van der Waals surface area contributed by atoms with Crippen LogP contribution in [0.2, 0.25) is 0 Å². The first kappa shape index (κ1) is 20.8. The van der Waals surface area contributed by atoms with Gasteiger partial charge in [-0.25, -0.2) is 13.6 Å². The van der Waals surface area contributed by atoms with Gasteiger partial charge in [-0.05, 0) is 48.4 Å². The number of carbonyl (C=O) groups excluding carboxylic acids is 1. The molecule has 0 heterocycles. The summed E-state index contributed by atoms with van der Waals surface area (Å²) in [6, 6.07) is 11.1. The molecule has 8 nitrogen and oxygen atoms in total. The predicted octanol–water partition coefficient (Wildman–Crippen LogP) is 0.443. The third-order valence-corrected chi connectivity index (χ3v) is 4.98. The number of aryl methyl sites for hydroxylation is 1. The molecule has 0 fully saturated rings. The standard InChI is InChI=1S/C18H23N3O5S/c1-12-2-3-14(10-17(12)27(20,24)25)16(22)11-21-8-9-26-15-6-4-13(5-7-15)18(19)23/h2-7,10,16,21-22H,8-9,11H2,1H3,(H2,19,23)(H2,20,24,25). The normalized spacial score (nSPS) is 12.6. The number of hydrogen-bond acceptors (Lipinski definition) is 6. The van der Waals surface area contributed by atoms with Crippen LogP contribution in [0.1, 0.15) is 27.6 Å². The minimum atomic E-state index is -3.84. The van der Waals surface area contributed by atoms with E-state index in [0.717, 1.165) is 0 Å². The number of benzene rings is 2. The topological polar surface area (TPSA) is 145 Å². The molecule has 2 aromatic carbocycles. The fourth-order valence-corrected chi connectivity index (χ4v) is 3.26. The van der Waals surface area contributed by atoms with Gasteiger partial charge >= 0.3 is 0 Å². The first-order chi connectivity index (χ1) is 12.7. The van der Waals surface area contributed by atoms with Crippen LogP contribution in [0.4, 0.5) is 0 Å². The Hall–Kier alpha value is -2.46. The number of hydrogen-bond donors (Lipinski definition) is 4. The van der Waals surface area contributed by atoms with Gasteiger partial charge in [0.2, 0.25) is 15.9 Å². The lowest BCUT2D eigenvalue weighted by Crippen LogP contribution is -2.26. The van der Waals surface area contributed by atoms with E-state index in [2.05, 4.69) is 5.32 Å². The number of ether oxygens (including phenoxy) is 1. The zero-order valence-corrected chi connectivity index (χ0v) is 15.7. The minimum absolute atomic E-state index is 0.00166. The van der Waals surface area contributed by atoms with Gasteiger partial charge in [-0.2, -0.15) is 0 Å². The summed E-state index contributed by atoms with van der Waals surface area (Å²) in [4.78, 5) is 11.0. The van der Waals surface area contributed by atoms with E-state index in [4.69, 9.17) is 15.6 Å². The summed E-state index contributed by atoms with van der Waals surface area (Å²) in [5.74, 6) is 0.0950. The first-order valence-electron chi connectivity index (χ1n) is 8.23. The van der Waals surface area contributed by atoms with Crippen LogP contribution >= 0.6 is 0 Å². The minimum Gasteiger partial charge on any atom is -0.492 e. The summed E-state index contributed by atoms with van der Waals surface area (Å²) in [5.41, 5.74) is 6.55. The fraction of sp³-hybridized carbons (Fsp3) is 0.278. The van der Waals surface area contributed by atoms with E-state index >= 15 is 0 Å². The van der Waals surface area contributed by atoms with E-state index in [0.29, 0.717) is 35.6 Å². The second kappa shape index (κ2) is 8.96. The molecule has 6 N–H and O–H groups in total. The van der Waals surface area contributed by atoms with Crippen molar-refractivity contribution in [3.05, 3.63) is 59.2 Å². The van der Waals surface area contributed by atoms with Crippen LogP contribution in [0.5, 0.6) is 5.75 Å². The second-order valence-corrected chi connectivity index (χ2v) is 7.56. The van der Waals surface area contributed by atoms with E-state index in [1.54, 1.807) is 43.3 Å². The fourth-order valence-electron chi connectivity index (χ4n) is 2.44. The maximum atomic E-state index is 11.6. The lowest BCUT2D eigenvalue weighted by Gasteiger charge is -2.14. The Bertz CT molecular complexity index is 898. The highest BCUT2D eigenvalue weighted by atomic mass is 32.2. The molecule has 0 bridgehead atoms. The molecule has 0 aliphatic carbocycles. The van der Waals surface area contributed by atoms with Gasteiger partial charge in [0, 0.05) is 18.7 Å². The van der Waals surface area contributed by atoms with Crippen molar-refractivity contribution >= 4 is 15.9 Å². The number of nitrogens with two attached hydrogens (primary N) is 2. The number of aliphatic hydroxyl groups excluding tert-OH is 1. The van der Waals surface area contributed by atoms with Crippen molar-refractivity contribution < 1.29 is 23.1 Å². The first-order valence-corrected chi connectivity index (χ1v) is 9.78. The molecule has 1 amide bonds. The summed E-state index contributed by atoms with van der Waals surface area (Å²) in [6.07, 6.45) is -0.888. The van der Waals surface area contributed by atoms with Crippen molar-refractivity contribution in [2.24, 2.45) is 10.9 Å². The molecule has 0 aliphatic heterocycles. The molecule has 0 aromatic heterocycles. The average molecular weight is 393 g/mol. The van der Waals surface area contributed by atoms with Crippen LogP contribution in [0.25, 0.3) is 0 Å². The highest BCUT2D eigenvalue weighted by Crippen LogP contribution is 2.20. The van der Waals surface area contributed by atoms with E-state index < -0.39 is 22.0 Å². The number of primary amides is 1. The summed E-state index contributed by atoms with van der Waals surface area (Å²) in [7, 11) is -3.84. The van der Waals surface area contributed by atoms with E-state index in [-0.39, 0.29) is 11.4 Å². The van der Waals surface area contributed by atoms with Gasteiger partial charge in [-0.15, -0.1) is 0 Å². The Morgan fingerprint density at radius 1 is 1.22 bits per heavy atom. The van der Waals surface area contributed by atoms with E-state index in [9.17, 15) is 18.3 Å². The average Bonchev–Trinajstić information content (AvgIpc) is 2.61. The number of amides is 1. The van der Waals surface area contributed by atoms with Crippen molar-refractivity contribution in [1.29, 1.82) is 0 Å². The molecule has 0 spiro atoms. The molecule has 146 valence electrons. The number of aliphatic hydroxyl groups is 1. The van der Waals surface area contributed by atoms with E-state index in [1.165, 1.54) is 6.07 Å². The number of sulfonamides is 1. The molecule has 1 unspecified atom stereocenters. The molecule has 27 heavy (non-hydrogen) atoms. The van der Waals surface area contributed by atoms with Crippen LogP contribution in [0.15, 0.2) is 47.4 Å². The molecule has 2 aromatic rings. The number of primary sulfonamides is 1. The summed E-state index contributed by atoms with van der Waals surface area (Å²) in [6.45, 7) is 2.67. The van der Waals surface area contributed by atoms with Crippen molar-refractivity contribution in [2.75, 3.05) is 19.7 Å². The predicted molar refractivity (Wildman–Crippen MR) is 101 cm³/mol. The Morgan fingerprint density at radius 3 is 2.48 bits per heavy atom. The van der Waals surface area contributed by atoms with Gasteiger partial charge in [0.25, 0.3) is 0 Å². The Kier molecular flexibility index (Phi) is 6.92. The van der Waals surface area contributed by atoms with E-state index in [1.807, 2.05) is 0 Å². The molecular formula is C18H23N3O5S. The van der Waals surface area contributed by atoms with Gasteiger partial charge in [0.15, 0.2) is 0 Å². The van der Waals surface area contributed by atoms with Gasteiger partial charge < -0.3 is 20.9 Å². The van der Waals surface area contributed by atoms with Gasteiger partial charge in [-0.1, -0.05) is 12.1 Å². The SMILES string of the molecule is Cc1ccc(C(O)CNCCOc2ccc(C(N)=O)cc2)cc1S(N)(=O)=O. The number of nitrogens with one attached hydrogen (secondary N) is 1. The van der Waals surface area contributed by atoms with Gasteiger partial charge in [0.05, 0.1) is 11.0 Å². The lowest BCUT2D eigenvalue weighted by molar-refractivity contribution is 0.1000. The Balaban J connectivity index is 1.81. The maximum Gasteiger partial charge on any atom is 0.248 e. The lowest BCUT2D eigenvalue weighted by atomic mass is 10.1. The molecule has 0 saturated heterocycles. The summed E-state index contributed by atoms with van der Waals surface area (Å²) in [5, 5.41) is 18.4. The zero-order chi connectivity index (χ0) is 20.0. The Labute approximate surface area is 158 Å². The third kappa shape index (κ3) is 6.04. The smallest absolute Gasteiger partial charge is 0.248 e. The molecular weight excluding hydrogens is 370 g/mol. The van der Waals surface area contributed by atoms with Crippen LogP contribution in [0, 0.1) is 6.92 Å². The van der Waals surface area contributed by atoms with Crippen molar-refractivity contribution in [3.63, 3.8) is 0 Å². The molecule has 0 radical (unpaired) electrons. The largest absolute Gasteiger partial charge is 0.492 e. The van der Waals surface area contributed by atoms with Crippen molar-refractivity contribution in [2.45, 2.75) is 17.9 Å². The van der Waals surface area contributed by atoms with Gasteiger partial charge in [-0.3, -0.25) is 4.79 Å². The van der Waals surface area contributed by atoms with Crippen LogP contribution in [-0.2, 0) is 10.0 Å². The highest BCUT2D eigenvalue weighted by Gasteiger charge is 2.15. The Morgan fingerprint density at radius 2 is 1.89 bits per heavy atom. The number of carbonyl (C=O) groups is 1. The number of rotatable bonds is 9. The maximum absolute atomic E-state index is 11.6. The molecule has 1 atom stereocenters. The summed E-state index contributed by atoms with van der Waals surface area (Å²) >= 11 is 0. The molecule has 2 rings (SSSR count). The molecule has 0 saturated carbocycles. The van der Waals surface area contributed by atoms with Crippen LogP contribution in [0.3, 0.4) is 0 Å². The van der Waals surface area contributed by atoms with Crippen LogP contribution < -0.4 is 20.9 Å². The van der Waals surface area contributed by atoms with Gasteiger partial charge in [0.1, 0.15) is 12.4 Å². The molecule has 0 aliphatic rings. The molecule has 9 heteroatoms. The summed E-state index contributed by atoms with van der Waals surface area (Å²) < 4.78 is 28.6. The zero-order valence-electron chi connectivity index (χ0n) is 14.9.